The van der Waals surface area contributed by atoms with Crippen LogP contribution in [0.3, 0.4) is 0 Å². The Labute approximate surface area is 821 Å². The Morgan fingerprint density at radius 2 is 0.443 bits per heavy atom. The SMILES string of the molecule is c1ccc(-c2cc(-c3ccc4ccccc4c3)nc(-c3ccc4c(ccc5ccc6sc(-c7ccccc7)nc6c54)c3)n2)cc1.c1ccc(-c2cc(-c3cccc4c3sc3ccccc34)nc(-c3ccc4c(ccc5ccc6sc(-c7ccccc7)nc6c54)c3)n2)cc1.c1ccc(-c2cc(-c3ccccc3-c3ccccc3)nc(-c3ccc4c(ccc5ccc6sc(-c7ccccc7)nc6c54)c3)n2)cc1. The first-order valence-electron chi connectivity index (χ1n) is 46.7. The van der Waals surface area contributed by atoms with Gasteiger partial charge in [0.15, 0.2) is 17.5 Å². The lowest BCUT2D eigenvalue weighted by molar-refractivity contribution is 1.18. The third kappa shape index (κ3) is 15.7. The van der Waals surface area contributed by atoms with Crippen LogP contribution in [0.2, 0.25) is 0 Å². The summed E-state index contributed by atoms with van der Waals surface area (Å²) in [5, 5.41) is 22.1. The van der Waals surface area contributed by atoms with Crippen LogP contribution in [0.25, 0.3) is 271 Å². The van der Waals surface area contributed by atoms with Crippen LogP contribution in [0.5, 0.6) is 0 Å². The Bertz CT molecular complexity index is 9700. The van der Waals surface area contributed by atoms with Gasteiger partial charge in [-0.2, -0.15) is 0 Å². The fraction of sp³-hybridized carbons (Fsp3) is 0. The number of rotatable bonds is 13. The van der Waals surface area contributed by atoms with E-state index in [-0.39, 0.29) is 0 Å². The highest BCUT2D eigenvalue weighted by molar-refractivity contribution is 7.26. The Balaban J connectivity index is 0.000000108. The van der Waals surface area contributed by atoms with E-state index in [1.54, 1.807) is 34.0 Å². The molecule has 13 heteroatoms. The van der Waals surface area contributed by atoms with Gasteiger partial charge < -0.3 is 0 Å². The monoisotopic (exact) mass is 1860 g/mol. The van der Waals surface area contributed by atoms with E-state index in [4.69, 9.17) is 44.9 Å². The zero-order valence-corrected chi connectivity index (χ0v) is 78.4. The quantitative estimate of drug-likeness (QED) is 0.104. The molecule has 28 rings (SSSR count). The first kappa shape index (κ1) is 83.2. The molecule has 0 spiro atoms. The molecule has 0 bridgehead atoms. The second-order valence-corrected chi connectivity index (χ2v) is 39.1. The van der Waals surface area contributed by atoms with E-state index in [0.717, 1.165) is 160 Å². The van der Waals surface area contributed by atoms with Crippen LogP contribution in [-0.2, 0) is 0 Å². The van der Waals surface area contributed by atoms with E-state index in [1.165, 1.54) is 93.5 Å². The van der Waals surface area contributed by atoms with Crippen LogP contribution in [0, 0.1) is 0 Å². The van der Waals surface area contributed by atoms with Gasteiger partial charge in [0.1, 0.15) is 15.0 Å². The van der Waals surface area contributed by atoms with Crippen LogP contribution < -0.4 is 0 Å². The number of thiazole rings is 3. The minimum atomic E-state index is 0.699. The predicted octanol–water partition coefficient (Wildman–Crippen LogP) is 35.4. The molecule has 0 fully saturated rings. The van der Waals surface area contributed by atoms with Crippen molar-refractivity contribution < 1.29 is 0 Å². The lowest BCUT2D eigenvalue weighted by atomic mass is 9.96. The van der Waals surface area contributed by atoms with Crippen LogP contribution >= 0.6 is 45.3 Å². The molecule has 0 amide bonds. The Kier molecular flexibility index (Phi) is 21.2. The number of hydrogen-bond donors (Lipinski definition) is 0. The molecule has 9 nitrogen and oxygen atoms in total. The van der Waals surface area contributed by atoms with Crippen LogP contribution in [0.4, 0.5) is 0 Å². The van der Waals surface area contributed by atoms with E-state index in [2.05, 4.69) is 425 Å². The first-order chi connectivity index (χ1) is 69.3. The molecule has 140 heavy (non-hydrogen) atoms. The molecule has 7 aromatic heterocycles. The third-order valence-electron chi connectivity index (χ3n) is 26.3. The van der Waals surface area contributed by atoms with Crippen LogP contribution in [-0.4, -0.2) is 44.9 Å². The van der Waals surface area contributed by atoms with Crippen molar-refractivity contribution in [2.75, 3.05) is 0 Å². The van der Waals surface area contributed by atoms with Crippen molar-refractivity contribution in [3.05, 3.63) is 467 Å². The molecule has 0 aliphatic rings. The van der Waals surface area contributed by atoms with Gasteiger partial charge in [-0.05, 0) is 137 Å². The highest BCUT2D eigenvalue weighted by Gasteiger charge is 2.23. The molecule has 7 heterocycles. The number of thiophene rings is 1. The minimum Gasteiger partial charge on any atom is -0.235 e. The molecule has 0 saturated carbocycles. The van der Waals surface area contributed by atoms with Crippen molar-refractivity contribution in [3.8, 4) is 145 Å². The zero-order valence-electron chi connectivity index (χ0n) is 75.1. The predicted molar refractivity (Wildman–Crippen MR) is 592 cm³/mol. The van der Waals surface area contributed by atoms with E-state index in [0.29, 0.717) is 17.5 Å². The van der Waals surface area contributed by atoms with Gasteiger partial charge in [0.2, 0.25) is 0 Å². The summed E-state index contributed by atoms with van der Waals surface area (Å²) in [7, 11) is 0. The fourth-order valence-corrected chi connectivity index (χ4v) is 23.6. The summed E-state index contributed by atoms with van der Waals surface area (Å²) in [6.45, 7) is 0. The molecule has 0 radical (unpaired) electrons. The lowest BCUT2D eigenvalue weighted by Gasteiger charge is -2.13. The van der Waals surface area contributed by atoms with Crippen molar-refractivity contribution in [1.82, 2.24) is 44.9 Å². The lowest BCUT2D eigenvalue weighted by Crippen LogP contribution is -1.97. The first-order valence-corrected chi connectivity index (χ1v) is 49.9. The topological polar surface area (TPSA) is 116 Å². The minimum absolute atomic E-state index is 0.699. The smallest absolute Gasteiger partial charge is 0.160 e. The average Bonchev–Trinajstić information content (AvgIpc) is 1.52. The molecule has 654 valence electrons. The maximum atomic E-state index is 5.26. The van der Waals surface area contributed by atoms with E-state index in [1.807, 2.05) is 53.8 Å². The summed E-state index contributed by atoms with van der Waals surface area (Å²) >= 11 is 7.05. The van der Waals surface area contributed by atoms with E-state index in [9.17, 15) is 0 Å². The summed E-state index contributed by atoms with van der Waals surface area (Å²) in [5.41, 5.74) is 23.7. The Morgan fingerprint density at radius 1 is 0.143 bits per heavy atom. The standard InChI is InChI=1S/C43H25N3S2.C43H27N3S.C41H25N3S/c1-3-10-26(11-4-1)35-25-36(34-16-9-15-33-32-14-7-8-17-37(32)47-41(33)34)45-42(44-35)30-20-22-31-29(24-30)19-18-27-21-23-38-40(39(27)31)46-43(48-38)28-12-5-2-6-13-28;1-4-12-28(13-5-1)34-18-10-11-19-36(34)38-27-37(29-14-6-2-7-15-29)44-42(45-38)33-22-24-35-32(26-33)21-20-30-23-25-39-41(40(30)35)46-43(47-39)31-16-8-3-9-17-31;1-3-10-27(11-4-1)35-25-36(32-18-15-26-9-7-8-14-30(26)23-32)43-40(42-35)33-19-21-34-31(24-33)17-16-28-20-22-37-39(38(28)34)44-41(45-37)29-12-5-2-6-13-29/h1-25H;1-27H;1-25H. The highest BCUT2D eigenvalue weighted by atomic mass is 32.1. The van der Waals surface area contributed by atoms with Gasteiger partial charge in [-0.25, -0.2) is 44.9 Å². The van der Waals surface area contributed by atoms with E-state index >= 15 is 0 Å². The van der Waals surface area contributed by atoms with E-state index < -0.39 is 0 Å². The second-order valence-electron chi connectivity index (χ2n) is 34.9. The van der Waals surface area contributed by atoms with Gasteiger partial charge in [0.05, 0.1) is 64.8 Å². The average molecular weight is 1860 g/mol. The van der Waals surface area contributed by atoms with Crippen molar-refractivity contribution >= 4 is 172 Å². The Morgan fingerprint density at radius 3 is 0.879 bits per heavy atom. The summed E-state index contributed by atoms with van der Waals surface area (Å²) in [6, 6.07) is 164. The molecule has 0 unspecified atom stereocenters. The molecule has 0 N–H and O–H groups in total. The van der Waals surface area contributed by atoms with Gasteiger partial charge in [0, 0.05) is 103 Å². The summed E-state index contributed by atoms with van der Waals surface area (Å²) in [5.74, 6) is 2.12. The third-order valence-corrected chi connectivity index (χ3v) is 30.7. The van der Waals surface area contributed by atoms with Crippen molar-refractivity contribution in [2.45, 2.75) is 0 Å². The maximum absolute atomic E-state index is 5.26. The van der Waals surface area contributed by atoms with Gasteiger partial charge in [-0.15, -0.1) is 45.3 Å². The van der Waals surface area contributed by atoms with Crippen LogP contribution in [0.1, 0.15) is 0 Å². The number of aromatic nitrogens is 9. The normalized spacial score (nSPS) is 11.6. The van der Waals surface area contributed by atoms with Crippen LogP contribution in [0.15, 0.2) is 467 Å². The maximum Gasteiger partial charge on any atom is 0.160 e. The summed E-state index contributed by atoms with van der Waals surface area (Å²) in [6.07, 6.45) is 0. The van der Waals surface area contributed by atoms with Crippen molar-refractivity contribution in [2.24, 2.45) is 0 Å². The number of nitrogens with zero attached hydrogens (tertiary/aromatic N) is 9. The van der Waals surface area contributed by atoms with Gasteiger partial charge >= 0.3 is 0 Å². The van der Waals surface area contributed by atoms with Gasteiger partial charge in [-0.3, -0.25) is 0 Å². The fourth-order valence-electron chi connectivity index (χ4n) is 19.4. The molecule has 0 aliphatic carbocycles. The van der Waals surface area contributed by atoms with Crippen molar-refractivity contribution in [3.63, 3.8) is 0 Å². The molecule has 0 saturated heterocycles. The molecule has 21 aromatic carbocycles. The largest absolute Gasteiger partial charge is 0.235 e. The number of fused-ring (bicyclic) bond motifs is 19. The number of benzene rings is 21. The Hall–Kier alpha value is -17.4. The number of hydrogen-bond acceptors (Lipinski definition) is 13. The molecule has 0 aliphatic heterocycles. The molecule has 0 atom stereocenters. The second kappa shape index (κ2) is 35.7. The zero-order chi connectivity index (χ0) is 92.5. The van der Waals surface area contributed by atoms with Gasteiger partial charge in [0.25, 0.3) is 0 Å². The summed E-state index contributed by atoms with van der Waals surface area (Å²) in [4.78, 5) is 46.5. The van der Waals surface area contributed by atoms with Gasteiger partial charge in [-0.1, -0.05) is 400 Å². The van der Waals surface area contributed by atoms with Crippen molar-refractivity contribution in [1.29, 1.82) is 0 Å². The molecule has 28 aromatic rings. The molecular weight excluding hydrogens is 1780 g/mol. The molecular formula is C127H77N9S4. The highest BCUT2D eigenvalue weighted by Crippen LogP contribution is 2.47. The summed E-state index contributed by atoms with van der Waals surface area (Å²) < 4.78 is 6.10.